The Kier molecular flexibility index (Phi) is 7.73. The average molecular weight is 418 g/mol. The summed E-state index contributed by atoms with van der Waals surface area (Å²) in [5, 5.41) is 8.06. The van der Waals surface area contributed by atoms with Gasteiger partial charge < -0.3 is 20.7 Å². The van der Waals surface area contributed by atoms with Crippen LogP contribution in [0.15, 0.2) is 42.5 Å². The number of hydrogen-bond donors (Lipinski definition) is 3. The van der Waals surface area contributed by atoms with E-state index in [1.165, 1.54) is 19.1 Å². The Bertz CT molecular complexity index is 945. The number of nitrogens with one attached hydrogen (secondary N) is 3. The Morgan fingerprint density at radius 2 is 1.72 bits per heavy atom. The molecule has 0 unspecified atom stereocenters. The van der Waals surface area contributed by atoms with Crippen LogP contribution in [0.5, 0.6) is 0 Å². The molecule has 0 fully saturated rings. The highest BCUT2D eigenvalue weighted by Gasteiger charge is 2.13. The van der Waals surface area contributed by atoms with E-state index in [0.717, 1.165) is 0 Å². The molecule has 29 heavy (non-hydrogen) atoms. The standard InChI is InChI=1S/C20H20ClN3O5/c1-12-16(21)7-4-8-17(12)24-18(26)10-22-19(27)11-29-20(28)14-5-3-6-15(9-14)23-13(2)25/h3-9H,10-11H2,1-2H3,(H,22,27)(H,23,25)(H,24,26). The van der Waals surface area contributed by atoms with Crippen LogP contribution in [0.25, 0.3) is 0 Å². The largest absolute Gasteiger partial charge is 0.452 e. The van der Waals surface area contributed by atoms with Gasteiger partial charge >= 0.3 is 5.97 Å². The van der Waals surface area contributed by atoms with Crippen molar-refractivity contribution in [2.75, 3.05) is 23.8 Å². The second-order valence-electron chi connectivity index (χ2n) is 6.08. The van der Waals surface area contributed by atoms with Crippen molar-refractivity contribution in [3.05, 3.63) is 58.6 Å². The van der Waals surface area contributed by atoms with Crippen LogP contribution in [-0.2, 0) is 19.1 Å². The molecule has 2 rings (SSSR count). The number of anilines is 2. The molecule has 0 saturated carbocycles. The van der Waals surface area contributed by atoms with Crippen molar-refractivity contribution in [2.45, 2.75) is 13.8 Å². The van der Waals surface area contributed by atoms with Gasteiger partial charge in [-0.2, -0.15) is 0 Å². The highest BCUT2D eigenvalue weighted by Crippen LogP contribution is 2.22. The Labute approximate surface area is 172 Å². The minimum Gasteiger partial charge on any atom is -0.452 e. The monoisotopic (exact) mass is 417 g/mol. The first-order valence-corrected chi connectivity index (χ1v) is 9.00. The maximum Gasteiger partial charge on any atom is 0.338 e. The van der Waals surface area contributed by atoms with E-state index in [4.69, 9.17) is 16.3 Å². The van der Waals surface area contributed by atoms with Gasteiger partial charge in [-0.3, -0.25) is 14.4 Å². The number of hydrogen-bond acceptors (Lipinski definition) is 5. The minimum atomic E-state index is -0.730. The number of amides is 3. The lowest BCUT2D eigenvalue weighted by atomic mass is 10.2. The van der Waals surface area contributed by atoms with Crippen LogP contribution in [0.1, 0.15) is 22.8 Å². The summed E-state index contributed by atoms with van der Waals surface area (Å²) in [6.07, 6.45) is 0. The third kappa shape index (κ3) is 6.93. The molecule has 0 aliphatic heterocycles. The minimum absolute atomic E-state index is 0.179. The fourth-order valence-corrected chi connectivity index (χ4v) is 2.48. The number of ether oxygens (including phenoxy) is 1. The van der Waals surface area contributed by atoms with Gasteiger partial charge in [-0.25, -0.2) is 4.79 Å². The lowest BCUT2D eigenvalue weighted by Crippen LogP contribution is -2.35. The van der Waals surface area contributed by atoms with Crippen LogP contribution in [-0.4, -0.2) is 36.8 Å². The topological polar surface area (TPSA) is 114 Å². The summed E-state index contributed by atoms with van der Waals surface area (Å²) >= 11 is 5.99. The number of halogens is 1. The van der Waals surface area contributed by atoms with E-state index >= 15 is 0 Å². The summed E-state index contributed by atoms with van der Waals surface area (Å²) < 4.78 is 4.92. The van der Waals surface area contributed by atoms with Crippen molar-refractivity contribution in [1.29, 1.82) is 0 Å². The second kappa shape index (κ2) is 10.2. The lowest BCUT2D eigenvalue weighted by molar-refractivity contribution is -0.126. The van der Waals surface area contributed by atoms with Gasteiger partial charge in [-0.15, -0.1) is 0 Å². The molecule has 0 spiro atoms. The van der Waals surface area contributed by atoms with Crippen molar-refractivity contribution < 1.29 is 23.9 Å². The van der Waals surface area contributed by atoms with Crippen LogP contribution in [0.3, 0.4) is 0 Å². The number of carbonyl (C=O) groups is 4. The Balaban J connectivity index is 1.79. The molecule has 0 aromatic heterocycles. The van der Waals surface area contributed by atoms with E-state index in [9.17, 15) is 19.2 Å². The van der Waals surface area contributed by atoms with E-state index in [0.29, 0.717) is 22.0 Å². The highest BCUT2D eigenvalue weighted by molar-refractivity contribution is 6.31. The maximum absolute atomic E-state index is 12.0. The summed E-state index contributed by atoms with van der Waals surface area (Å²) in [6, 6.07) is 11.2. The third-order valence-corrected chi connectivity index (χ3v) is 4.15. The zero-order chi connectivity index (χ0) is 21.4. The summed E-state index contributed by atoms with van der Waals surface area (Å²) in [5.74, 6) is -2.08. The maximum atomic E-state index is 12.0. The van der Waals surface area contributed by atoms with Crippen molar-refractivity contribution in [2.24, 2.45) is 0 Å². The zero-order valence-corrected chi connectivity index (χ0v) is 16.6. The van der Waals surface area contributed by atoms with Crippen LogP contribution >= 0.6 is 11.6 Å². The van der Waals surface area contributed by atoms with Gasteiger partial charge in [0.1, 0.15) is 0 Å². The first kappa shape index (κ1) is 21.9. The molecule has 0 aliphatic rings. The number of rotatable bonds is 7. The third-order valence-electron chi connectivity index (χ3n) is 3.74. The van der Waals surface area contributed by atoms with Gasteiger partial charge in [0.25, 0.3) is 5.91 Å². The molecule has 3 amide bonds. The molecule has 9 heteroatoms. The molecule has 152 valence electrons. The molecule has 2 aromatic rings. The molecular formula is C20H20ClN3O5. The summed E-state index contributed by atoms with van der Waals surface area (Å²) in [6.45, 7) is 2.27. The molecule has 0 radical (unpaired) electrons. The van der Waals surface area contributed by atoms with Crippen LogP contribution in [0, 0.1) is 6.92 Å². The van der Waals surface area contributed by atoms with E-state index in [2.05, 4.69) is 16.0 Å². The Morgan fingerprint density at radius 3 is 2.45 bits per heavy atom. The molecule has 0 heterocycles. The van der Waals surface area contributed by atoms with Gasteiger partial charge in [0.05, 0.1) is 12.1 Å². The molecule has 2 aromatic carbocycles. The normalized spacial score (nSPS) is 10.0. The van der Waals surface area contributed by atoms with Crippen molar-refractivity contribution in [1.82, 2.24) is 5.32 Å². The Hall–Kier alpha value is -3.39. The predicted molar refractivity (Wildman–Crippen MR) is 109 cm³/mol. The summed E-state index contributed by atoms with van der Waals surface area (Å²) in [4.78, 5) is 46.9. The zero-order valence-electron chi connectivity index (χ0n) is 15.9. The summed E-state index contributed by atoms with van der Waals surface area (Å²) in [7, 11) is 0. The van der Waals surface area contributed by atoms with Gasteiger partial charge in [-0.05, 0) is 42.8 Å². The smallest absolute Gasteiger partial charge is 0.338 e. The molecule has 0 atom stereocenters. The first-order chi connectivity index (χ1) is 13.8. The second-order valence-corrected chi connectivity index (χ2v) is 6.48. The number of carbonyl (C=O) groups excluding carboxylic acids is 4. The molecule has 8 nitrogen and oxygen atoms in total. The fraction of sp³-hybridized carbons (Fsp3) is 0.200. The van der Waals surface area contributed by atoms with E-state index < -0.39 is 24.4 Å². The van der Waals surface area contributed by atoms with Gasteiger partial charge in [0.2, 0.25) is 11.8 Å². The SMILES string of the molecule is CC(=O)Nc1cccc(C(=O)OCC(=O)NCC(=O)Nc2cccc(Cl)c2C)c1. The fourth-order valence-electron chi connectivity index (χ4n) is 2.31. The molecule has 0 bridgehead atoms. The predicted octanol–water partition coefficient (Wildman–Crippen LogP) is 2.52. The van der Waals surface area contributed by atoms with E-state index in [-0.39, 0.29) is 18.0 Å². The Morgan fingerprint density at radius 1 is 1.00 bits per heavy atom. The van der Waals surface area contributed by atoms with Gasteiger partial charge in [-0.1, -0.05) is 23.7 Å². The highest BCUT2D eigenvalue weighted by atomic mass is 35.5. The number of esters is 1. The van der Waals surface area contributed by atoms with Crippen molar-refractivity contribution in [3.8, 4) is 0 Å². The lowest BCUT2D eigenvalue weighted by Gasteiger charge is -2.10. The van der Waals surface area contributed by atoms with Gasteiger partial charge in [0, 0.05) is 23.3 Å². The first-order valence-electron chi connectivity index (χ1n) is 8.62. The molecule has 0 aliphatic carbocycles. The average Bonchev–Trinajstić information content (AvgIpc) is 2.67. The summed E-state index contributed by atoms with van der Waals surface area (Å²) in [5.41, 5.74) is 1.87. The van der Waals surface area contributed by atoms with Crippen molar-refractivity contribution >= 4 is 46.7 Å². The van der Waals surface area contributed by atoms with Crippen LogP contribution in [0.2, 0.25) is 5.02 Å². The molecule has 0 saturated heterocycles. The van der Waals surface area contributed by atoms with Gasteiger partial charge in [0.15, 0.2) is 6.61 Å². The molecule has 3 N–H and O–H groups in total. The number of benzene rings is 2. The van der Waals surface area contributed by atoms with Crippen LogP contribution < -0.4 is 16.0 Å². The van der Waals surface area contributed by atoms with E-state index in [1.54, 1.807) is 37.3 Å². The van der Waals surface area contributed by atoms with Crippen LogP contribution in [0.4, 0.5) is 11.4 Å². The van der Waals surface area contributed by atoms with E-state index in [1.807, 2.05) is 0 Å². The molecular weight excluding hydrogens is 398 g/mol. The quantitative estimate of drug-likeness (QED) is 0.599. The van der Waals surface area contributed by atoms with Crippen molar-refractivity contribution in [3.63, 3.8) is 0 Å².